The van der Waals surface area contributed by atoms with E-state index in [4.69, 9.17) is 4.74 Å². The number of hydrogen-bond acceptors (Lipinski definition) is 4. The number of amides is 1. The maximum Gasteiger partial charge on any atom is 0.271 e. The molecule has 0 saturated carbocycles. The molecule has 5 nitrogen and oxygen atoms in total. The lowest BCUT2D eigenvalue weighted by Crippen LogP contribution is -2.19. The minimum atomic E-state index is -0.338. The van der Waals surface area contributed by atoms with Gasteiger partial charge in [-0.2, -0.15) is 5.10 Å². The molecule has 0 aliphatic rings. The van der Waals surface area contributed by atoms with Gasteiger partial charge < -0.3 is 9.84 Å². The van der Waals surface area contributed by atoms with Crippen LogP contribution in [-0.2, 0) is 0 Å². The number of nitrogens with one attached hydrogen (secondary N) is 1. The zero-order valence-corrected chi connectivity index (χ0v) is 12.8. The molecule has 0 aliphatic carbocycles. The average molecular weight is 310 g/mol. The van der Waals surface area contributed by atoms with Gasteiger partial charge in [0.05, 0.1) is 5.71 Å². The van der Waals surface area contributed by atoms with Crippen LogP contribution in [0.25, 0.3) is 0 Å². The molecule has 0 unspecified atom stereocenters. The number of carbonyl (C=O) groups is 1. The monoisotopic (exact) mass is 310 g/mol. The standard InChI is InChI=1S/C18H18N2O3/c1-3-12-23-15-10-8-14(9-11-15)18(22)20-19-13(2)16-6-4-5-7-17(16)21/h3-11,21H,1,12H2,2H3,(H,20,22)/b19-13+. The van der Waals surface area contributed by atoms with Crippen LogP contribution in [0.2, 0.25) is 0 Å². The van der Waals surface area contributed by atoms with E-state index in [0.717, 1.165) is 0 Å². The quantitative estimate of drug-likeness (QED) is 0.489. The average Bonchev–Trinajstić information content (AvgIpc) is 2.58. The SMILES string of the molecule is C=CCOc1ccc(C(=O)N/N=C(\C)c2ccccc2O)cc1. The highest BCUT2D eigenvalue weighted by Gasteiger charge is 2.07. The van der Waals surface area contributed by atoms with Crippen molar-refractivity contribution in [3.05, 3.63) is 72.3 Å². The fraction of sp³-hybridized carbons (Fsp3) is 0.111. The number of carbonyl (C=O) groups excluding carboxylic acids is 1. The summed E-state index contributed by atoms with van der Waals surface area (Å²) >= 11 is 0. The smallest absolute Gasteiger partial charge is 0.271 e. The fourth-order valence-corrected chi connectivity index (χ4v) is 1.90. The number of nitrogens with zero attached hydrogens (tertiary/aromatic N) is 1. The van der Waals surface area contributed by atoms with Crippen LogP contribution in [0.4, 0.5) is 0 Å². The molecule has 0 spiro atoms. The molecule has 0 saturated heterocycles. The second kappa shape index (κ2) is 7.79. The molecule has 0 aromatic heterocycles. The lowest BCUT2D eigenvalue weighted by atomic mass is 10.1. The number of ether oxygens (including phenoxy) is 1. The molecular weight excluding hydrogens is 292 g/mol. The Bertz CT molecular complexity index is 721. The molecule has 2 aromatic carbocycles. The predicted octanol–water partition coefficient (Wildman–Crippen LogP) is 3.11. The van der Waals surface area contributed by atoms with Gasteiger partial charge in [-0.15, -0.1) is 0 Å². The van der Waals surface area contributed by atoms with Crippen molar-refractivity contribution in [2.24, 2.45) is 5.10 Å². The second-order valence-electron chi connectivity index (χ2n) is 4.78. The Labute approximate surface area is 134 Å². The molecule has 118 valence electrons. The molecule has 2 N–H and O–H groups in total. The van der Waals surface area contributed by atoms with Gasteiger partial charge in [-0.25, -0.2) is 5.43 Å². The van der Waals surface area contributed by atoms with E-state index in [2.05, 4.69) is 17.1 Å². The summed E-state index contributed by atoms with van der Waals surface area (Å²) in [5.41, 5.74) is 4.02. The number of phenols is 1. The minimum Gasteiger partial charge on any atom is -0.507 e. The molecule has 2 aromatic rings. The first kappa shape index (κ1) is 16.3. The Balaban J connectivity index is 2.03. The van der Waals surface area contributed by atoms with Gasteiger partial charge in [0, 0.05) is 11.1 Å². The Morgan fingerprint density at radius 3 is 2.61 bits per heavy atom. The summed E-state index contributed by atoms with van der Waals surface area (Å²) in [5.74, 6) is 0.442. The van der Waals surface area contributed by atoms with E-state index >= 15 is 0 Å². The van der Waals surface area contributed by atoms with Crippen molar-refractivity contribution >= 4 is 11.6 Å². The molecule has 1 amide bonds. The predicted molar refractivity (Wildman–Crippen MR) is 89.9 cm³/mol. The van der Waals surface area contributed by atoms with Crippen molar-refractivity contribution in [3.8, 4) is 11.5 Å². The summed E-state index contributed by atoms with van der Waals surface area (Å²) < 4.78 is 5.35. The molecule has 2 rings (SSSR count). The van der Waals surface area contributed by atoms with Gasteiger partial charge in [-0.1, -0.05) is 24.8 Å². The Morgan fingerprint density at radius 1 is 1.26 bits per heavy atom. The van der Waals surface area contributed by atoms with Gasteiger partial charge in [0.1, 0.15) is 18.1 Å². The second-order valence-corrected chi connectivity index (χ2v) is 4.78. The number of rotatable bonds is 6. The Morgan fingerprint density at radius 2 is 1.96 bits per heavy atom. The van der Waals surface area contributed by atoms with E-state index in [0.29, 0.717) is 29.2 Å². The van der Waals surface area contributed by atoms with Crippen LogP contribution in [0.15, 0.2) is 66.3 Å². The number of para-hydroxylation sites is 1. The topological polar surface area (TPSA) is 70.9 Å². The van der Waals surface area contributed by atoms with Gasteiger partial charge >= 0.3 is 0 Å². The summed E-state index contributed by atoms with van der Waals surface area (Å²) in [6, 6.07) is 13.5. The third kappa shape index (κ3) is 4.44. The zero-order chi connectivity index (χ0) is 16.7. The molecule has 0 heterocycles. The van der Waals surface area contributed by atoms with Gasteiger partial charge in [-0.3, -0.25) is 4.79 Å². The Hall–Kier alpha value is -3.08. The summed E-state index contributed by atoms with van der Waals surface area (Å²) in [6.07, 6.45) is 1.65. The summed E-state index contributed by atoms with van der Waals surface area (Å²) in [6.45, 7) is 5.69. The van der Waals surface area contributed by atoms with Crippen molar-refractivity contribution in [3.63, 3.8) is 0 Å². The van der Waals surface area contributed by atoms with Crippen molar-refractivity contribution in [2.75, 3.05) is 6.61 Å². The van der Waals surface area contributed by atoms with Crippen LogP contribution >= 0.6 is 0 Å². The largest absolute Gasteiger partial charge is 0.507 e. The summed E-state index contributed by atoms with van der Waals surface area (Å²) in [4.78, 5) is 12.1. The lowest BCUT2D eigenvalue weighted by molar-refractivity contribution is 0.0955. The molecule has 0 atom stereocenters. The van der Waals surface area contributed by atoms with Crippen LogP contribution < -0.4 is 10.2 Å². The van der Waals surface area contributed by atoms with E-state index in [-0.39, 0.29) is 11.7 Å². The van der Waals surface area contributed by atoms with Crippen LogP contribution in [0.5, 0.6) is 11.5 Å². The third-order valence-electron chi connectivity index (χ3n) is 3.10. The van der Waals surface area contributed by atoms with Crippen molar-refractivity contribution in [2.45, 2.75) is 6.92 Å². The fourth-order valence-electron chi connectivity index (χ4n) is 1.90. The minimum absolute atomic E-state index is 0.117. The van der Waals surface area contributed by atoms with Crippen molar-refractivity contribution in [1.82, 2.24) is 5.43 Å². The highest BCUT2D eigenvalue weighted by molar-refractivity contribution is 6.02. The van der Waals surface area contributed by atoms with Crippen molar-refractivity contribution in [1.29, 1.82) is 0 Å². The van der Waals surface area contributed by atoms with Crippen LogP contribution in [0.3, 0.4) is 0 Å². The summed E-state index contributed by atoms with van der Waals surface area (Å²) in [7, 11) is 0. The van der Waals surface area contributed by atoms with E-state index in [9.17, 15) is 9.90 Å². The molecule has 5 heteroatoms. The van der Waals surface area contributed by atoms with Gasteiger partial charge in [0.25, 0.3) is 5.91 Å². The van der Waals surface area contributed by atoms with E-state index in [1.54, 1.807) is 61.5 Å². The normalized spacial score (nSPS) is 10.9. The molecule has 0 aliphatic heterocycles. The lowest BCUT2D eigenvalue weighted by Gasteiger charge is -2.06. The third-order valence-corrected chi connectivity index (χ3v) is 3.10. The molecular formula is C18H18N2O3. The van der Waals surface area contributed by atoms with Crippen molar-refractivity contribution < 1.29 is 14.6 Å². The molecule has 0 radical (unpaired) electrons. The van der Waals surface area contributed by atoms with Crippen LogP contribution in [-0.4, -0.2) is 23.3 Å². The van der Waals surface area contributed by atoms with Crippen LogP contribution in [0, 0.1) is 0 Å². The maximum absolute atomic E-state index is 12.1. The maximum atomic E-state index is 12.1. The van der Waals surface area contributed by atoms with E-state index < -0.39 is 0 Å². The molecule has 0 bridgehead atoms. The zero-order valence-electron chi connectivity index (χ0n) is 12.8. The summed E-state index contributed by atoms with van der Waals surface area (Å²) in [5, 5.41) is 13.8. The first-order chi connectivity index (χ1) is 11.1. The number of phenolic OH excluding ortho intramolecular Hbond substituents is 1. The number of hydrogen-bond donors (Lipinski definition) is 2. The first-order valence-electron chi connectivity index (χ1n) is 7.08. The van der Waals surface area contributed by atoms with Gasteiger partial charge in [0.2, 0.25) is 0 Å². The first-order valence-corrected chi connectivity index (χ1v) is 7.08. The highest BCUT2D eigenvalue weighted by atomic mass is 16.5. The number of aromatic hydroxyl groups is 1. The number of hydrazone groups is 1. The highest BCUT2D eigenvalue weighted by Crippen LogP contribution is 2.16. The van der Waals surface area contributed by atoms with E-state index in [1.807, 2.05) is 0 Å². The molecule has 23 heavy (non-hydrogen) atoms. The van der Waals surface area contributed by atoms with Crippen LogP contribution in [0.1, 0.15) is 22.8 Å². The van der Waals surface area contributed by atoms with E-state index in [1.165, 1.54) is 0 Å². The number of benzene rings is 2. The Kier molecular flexibility index (Phi) is 5.52. The molecule has 0 fully saturated rings. The van der Waals surface area contributed by atoms with Gasteiger partial charge in [0.15, 0.2) is 0 Å². The van der Waals surface area contributed by atoms with Gasteiger partial charge in [-0.05, 0) is 43.3 Å².